The van der Waals surface area contributed by atoms with E-state index in [4.69, 9.17) is 0 Å². The van der Waals surface area contributed by atoms with E-state index in [0.717, 1.165) is 0 Å². The molecule has 0 aliphatic carbocycles. The molecular formula is C10H9F4NO2. The summed E-state index contributed by atoms with van der Waals surface area (Å²) < 4.78 is 56.2. The van der Waals surface area contributed by atoms with Crippen LogP contribution in [0.2, 0.25) is 0 Å². The van der Waals surface area contributed by atoms with Crippen LogP contribution in [0.4, 0.5) is 17.6 Å². The Labute approximate surface area is 94.4 Å². The molecule has 94 valence electrons. The Morgan fingerprint density at radius 1 is 1.47 bits per heavy atom. The number of carbonyl (C=O) groups is 1. The molecule has 1 aromatic rings. The van der Waals surface area contributed by atoms with E-state index in [2.05, 4.69) is 9.72 Å². The topological polar surface area (TPSA) is 39.2 Å². The molecule has 0 aromatic carbocycles. The molecule has 1 rings (SSSR count). The van der Waals surface area contributed by atoms with Gasteiger partial charge in [0.25, 0.3) is 0 Å². The number of rotatable bonds is 4. The molecule has 17 heavy (non-hydrogen) atoms. The van der Waals surface area contributed by atoms with E-state index in [1.165, 1.54) is 6.92 Å². The van der Waals surface area contributed by atoms with E-state index in [1.54, 1.807) is 0 Å². The van der Waals surface area contributed by atoms with Gasteiger partial charge >= 0.3 is 11.9 Å². The van der Waals surface area contributed by atoms with Crippen molar-refractivity contribution >= 4 is 5.97 Å². The number of pyridine rings is 1. The number of halogens is 4. The second-order valence-corrected chi connectivity index (χ2v) is 3.20. The van der Waals surface area contributed by atoms with E-state index >= 15 is 0 Å². The van der Waals surface area contributed by atoms with E-state index in [9.17, 15) is 22.4 Å². The second-order valence-electron chi connectivity index (χ2n) is 3.20. The maximum atomic E-state index is 13.2. The van der Waals surface area contributed by atoms with Crippen molar-refractivity contribution in [1.29, 1.82) is 0 Å². The molecule has 0 saturated heterocycles. The Balaban J connectivity index is 2.89. The third kappa shape index (κ3) is 3.40. The Bertz CT molecular complexity index is 423. The van der Waals surface area contributed by atoms with Crippen molar-refractivity contribution in [3.63, 3.8) is 0 Å². The van der Waals surface area contributed by atoms with Crippen molar-refractivity contribution in [1.82, 2.24) is 4.98 Å². The molecule has 0 spiro atoms. The largest absolute Gasteiger partial charge is 0.462 e. The molecule has 7 heteroatoms. The average Bonchev–Trinajstić information content (AvgIpc) is 2.23. The first-order chi connectivity index (χ1) is 7.86. The smallest absolute Gasteiger partial charge is 0.377 e. The maximum Gasteiger partial charge on any atom is 0.377 e. The van der Waals surface area contributed by atoms with E-state index < -0.39 is 35.6 Å². The summed E-state index contributed by atoms with van der Waals surface area (Å²) in [5, 5.41) is 0. The van der Waals surface area contributed by atoms with Gasteiger partial charge in [-0.3, -0.25) is 0 Å². The molecule has 0 N–H and O–H groups in total. The molecule has 0 amide bonds. The molecule has 1 heterocycles. The summed E-state index contributed by atoms with van der Waals surface area (Å²) in [5.41, 5.74) is -0.629. The highest BCUT2D eigenvalue weighted by Gasteiger charge is 2.41. The van der Waals surface area contributed by atoms with Crippen molar-refractivity contribution in [3.05, 3.63) is 29.6 Å². The van der Waals surface area contributed by atoms with Gasteiger partial charge in [-0.25, -0.2) is 14.2 Å². The highest BCUT2D eigenvalue weighted by atomic mass is 19.3. The summed E-state index contributed by atoms with van der Waals surface area (Å²) >= 11 is 0. The average molecular weight is 251 g/mol. The zero-order chi connectivity index (χ0) is 13.1. The lowest BCUT2D eigenvalue weighted by atomic mass is 10.1. The second kappa shape index (κ2) is 5.11. The van der Waals surface area contributed by atoms with Crippen LogP contribution in [0.1, 0.15) is 12.5 Å². The molecule has 3 nitrogen and oxygen atoms in total. The number of carbonyl (C=O) groups excluding carboxylic acids is 1. The molecule has 0 atom stereocenters. The van der Waals surface area contributed by atoms with E-state index in [1.807, 2.05) is 0 Å². The number of aromatic nitrogens is 1. The molecule has 0 bridgehead atoms. The third-order valence-electron chi connectivity index (χ3n) is 1.89. The van der Waals surface area contributed by atoms with Gasteiger partial charge in [-0.1, -0.05) is 0 Å². The van der Waals surface area contributed by atoms with Crippen LogP contribution in [-0.2, 0) is 16.0 Å². The molecule has 0 fully saturated rings. The predicted octanol–water partition coefficient (Wildman–Crippen LogP) is 2.10. The lowest BCUT2D eigenvalue weighted by molar-refractivity contribution is -0.171. The number of ether oxygens (including phenoxy) is 1. The fourth-order valence-corrected chi connectivity index (χ4v) is 1.13. The van der Waals surface area contributed by atoms with Crippen LogP contribution >= 0.6 is 0 Å². The van der Waals surface area contributed by atoms with Crippen molar-refractivity contribution in [3.8, 4) is 0 Å². The van der Waals surface area contributed by atoms with Gasteiger partial charge < -0.3 is 4.74 Å². The summed E-state index contributed by atoms with van der Waals surface area (Å²) in [4.78, 5) is 13.8. The van der Waals surface area contributed by atoms with Crippen molar-refractivity contribution in [2.24, 2.45) is 0 Å². The summed E-state index contributed by atoms with van der Waals surface area (Å²) in [6.07, 6.45) is -0.789. The maximum absolute atomic E-state index is 13.2. The van der Waals surface area contributed by atoms with Gasteiger partial charge in [0.15, 0.2) is 0 Å². The Kier molecular flexibility index (Phi) is 4.03. The molecule has 0 aliphatic heterocycles. The first-order valence-corrected chi connectivity index (χ1v) is 4.71. The molecule has 0 saturated carbocycles. The van der Waals surface area contributed by atoms with E-state index in [0.29, 0.717) is 12.3 Å². The third-order valence-corrected chi connectivity index (χ3v) is 1.89. The zero-order valence-electron chi connectivity index (χ0n) is 8.84. The minimum atomic E-state index is -3.90. The van der Waals surface area contributed by atoms with Gasteiger partial charge in [0.05, 0.1) is 19.2 Å². The van der Waals surface area contributed by atoms with Crippen LogP contribution in [0.5, 0.6) is 0 Å². The number of hydrogen-bond donors (Lipinski definition) is 0. The van der Waals surface area contributed by atoms with Gasteiger partial charge in [-0.05, 0) is 13.0 Å². The minimum absolute atomic E-state index is 0.221. The Hall–Kier alpha value is -1.66. The van der Waals surface area contributed by atoms with Gasteiger partial charge in [0.2, 0.25) is 5.95 Å². The fraction of sp³-hybridized carbons (Fsp3) is 0.400. The van der Waals surface area contributed by atoms with E-state index in [-0.39, 0.29) is 6.61 Å². The highest BCUT2D eigenvalue weighted by molar-refractivity contribution is 5.77. The molecule has 0 radical (unpaired) electrons. The Morgan fingerprint density at radius 3 is 2.71 bits per heavy atom. The van der Waals surface area contributed by atoms with Gasteiger partial charge in [0.1, 0.15) is 5.82 Å². The van der Waals surface area contributed by atoms with Crippen LogP contribution in [-0.4, -0.2) is 23.5 Å². The first-order valence-electron chi connectivity index (χ1n) is 4.71. The van der Waals surface area contributed by atoms with Crippen LogP contribution < -0.4 is 0 Å². The van der Waals surface area contributed by atoms with Crippen LogP contribution in [0.15, 0.2) is 12.3 Å². The summed E-state index contributed by atoms with van der Waals surface area (Å²) in [6.45, 7) is 1.14. The van der Waals surface area contributed by atoms with Crippen LogP contribution in [0.25, 0.3) is 0 Å². The molecule has 1 aromatic heterocycles. The number of hydrogen-bond acceptors (Lipinski definition) is 3. The lowest BCUT2D eigenvalue weighted by Gasteiger charge is -2.14. The van der Waals surface area contributed by atoms with Gasteiger partial charge in [0, 0.05) is 5.56 Å². The predicted molar refractivity (Wildman–Crippen MR) is 49.4 cm³/mol. The van der Waals surface area contributed by atoms with Gasteiger partial charge in [-0.2, -0.15) is 13.2 Å². The Morgan fingerprint density at radius 2 is 2.12 bits per heavy atom. The van der Waals surface area contributed by atoms with Crippen LogP contribution in [0.3, 0.4) is 0 Å². The normalized spacial score (nSPS) is 11.4. The van der Waals surface area contributed by atoms with Gasteiger partial charge in [-0.15, -0.1) is 0 Å². The van der Waals surface area contributed by atoms with Crippen molar-refractivity contribution in [2.75, 3.05) is 6.61 Å². The molecule has 0 aliphatic rings. The fourth-order valence-electron chi connectivity index (χ4n) is 1.13. The molecular weight excluding hydrogens is 242 g/mol. The summed E-state index contributed by atoms with van der Waals surface area (Å²) in [6, 6.07) is 0.516. The quantitative estimate of drug-likeness (QED) is 0.467. The first kappa shape index (κ1) is 13.4. The number of alkyl halides is 2. The number of nitrogens with zero attached hydrogens (tertiary/aromatic N) is 1. The van der Waals surface area contributed by atoms with Crippen LogP contribution in [0, 0.1) is 11.8 Å². The minimum Gasteiger partial charge on any atom is -0.462 e. The molecule has 0 unspecified atom stereocenters. The summed E-state index contributed by atoms with van der Waals surface area (Å²) in [7, 11) is 0. The standard InChI is InChI=1S/C10H9F4NO2/c1-2-17-9(16)10(13,14)4-6-3-8(12)15-5-7(6)11/h3,5H,2,4H2,1H3. The monoisotopic (exact) mass is 251 g/mol. The number of esters is 1. The lowest BCUT2D eigenvalue weighted by Crippen LogP contribution is -2.33. The zero-order valence-corrected chi connectivity index (χ0v) is 8.84. The SMILES string of the molecule is CCOC(=O)C(F)(F)Cc1cc(F)ncc1F. The van der Waals surface area contributed by atoms with Crippen molar-refractivity contribution in [2.45, 2.75) is 19.3 Å². The van der Waals surface area contributed by atoms with Crippen molar-refractivity contribution < 1.29 is 27.1 Å². The highest BCUT2D eigenvalue weighted by Crippen LogP contribution is 2.23. The summed E-state index contributed by atoms with van der Waals surface area (Å²) in [5.74, 6) is -7.86.